The van der Waals surface area contributed by atoms with Crippen LogP contribution in [0, 0.1) is 18.2 Å². The summed E-state index contributed by atoms with van der Waals surface area (Å²) in [6.45, 7) is 13.9. The Morgan fingerprint density at radius 1 is 1.07 bits per heavy atom. The molecule has 0 amide bonds. The number of carbonyl (C=O) groups is 1. The lowest BCUT2D eigenvalue weighted by atomic mass is 9.81. The Morgan fingerprint density at radius 3 is 2.28 bits per heavy atom. The number of hydrogen-bond donors (Lipinski definition) is 1. The lowest BCUT2D eigenvalue weighted by molar-refractivity contribution is -0.160. The van der Waals surface area contributed by atoms with E-state index in [0.29, 0.717) is 41.4 Å². The van der Waals surface area contributed by atoms with Crippen molar-refractivity contribution in [2.75, 3.05) is 24.6 Å². The van der Waals surface area contributed by atoms with Gasteiger partial charge in [0.15, 0.2) is 6.10 Å². The van der Waals surface area contributed by atoms with E-state index in [0.717, 1.165) is 48.3 Å². The zero-order valence-corrected chi connectivity index (χ0v) is 27.8. The third-order valence-electron chi connectivity index (χ3n) is 8.35. The summed E-state index contributed by atoms with van der Waals surface area (Å²) in [5, 5.41) is 19.2. The quantitative estimate of drug-likeness (QED) is 0.197. The summed E-state index contributed by atoms with van der Waals surface area (Å²) in [5.74, 6) is -0.642. The highest BCUT2D eigenvalue weighted by Crippen LogP contribution is 2.47. The molecule has 1 aliphatic rings. The first kappa shape index (κ1) is 33.1. The second-order valence-corrected chi connectivity index (χ2v) is 13.8. The van der Waals surface area contributed by atoms with Gasteiger partial charge in [0.1, 0.15) is 23.0 Å². The smallest absolute Gasteiger partial charge is 0.337 e. The topological polar surface area (TPSA) is 103 Å². The lowest BCUT2D eigenvalue weighted by Crippen LogP contribution is -2.39. The molecule has 1 unspecified atom stereocenters. The van der Waals surface area contributed by atoms with Gasteiger partial charge in [0.05, 0.1) is 24.1 Å². The number of carboxylic acids is 1. The van der Waals surface area contributed by atoms with Crippen LogP contribution in [0.4, 0.5) is 10.1 Å². The van der Waals surface area contributed by atoms with Gasteiger partial charge in [0.25, 0.3) is 0 Å². The first-order valence-corrected chi connectivity index (χ1v) is 15.8. The number of anilines is 1. The second-order valence-electron chi connectivity index (χ2n) is 13.8. The molecule has 10 heteroatoms. The number of hydrogen-bond acceptors (Lipinski definition) is 7. The van der Waals surface area contributed by atoms with Crippen LogP contribution in [-0.4, -0.2) is 56.4 Å². The summed E-state index contributed by atoms with van der Waals surface area (Å²) < 4.78 is 27.2. The Morgan fingerprint density at radius 2 is 1.72 bits per heavy atom. The number of pyridine rings is 1. The van der Waals surface area contributed by atoms with Crippen molar-refractivity contribution in [2.24, 2.45) is 12.5 Å². The Kier molecular flexibility index (Phi) is 9.49. The van der Waals surface area contributed by atoms with E-state index < -0.39 is 17.7 Å². The molecule has 3 heterocycles. The van der Waals surface area contributed by atoms with Crippen LogP contribution in [0.3, 0.4) is 0 Å². The standard InChI is InChI=1S/C36H44FN5O4/c1-23-29(33(34(43)44)46-35(2,3)4)32(42-19-17-36(5,6)18-20-42)30(31(38-23)28-22-41(7)40-39-28)25-10-14-27(15-11-25)45-21-16-24-8-12-26(37)13-9-24/h8-15,22,33H,16-21H2,1-7H3,(H,43,44). The zero-order valence-electron chi connectivity index (χ0n) is 27.8. The highest BCUT2D eigenvalue weighted by atomic mass is 19.1. The average Bonchev–Trinajstić information content (AvgIpc) is 3.42. The Bertz CT molecular complexity index is 1670. The van der Waals surface area contributed by atoms with Crippen molar-refractivity contribution in [3.05, 3.63) is 77.4 Å². The highest BCUT2D eigenvalue weighted by molar-refractivity contribution is 5.94. The van der Waals surface area contributed by atoms with E-state index in [2.05, 4.69) is 29.1 Å². The highest BCUT2D eigenvalue weighted by Gasteiger charge is 2.37. The van der Waals surface area contributed by atoms with Gasteiger partial charge in [-0.05, 0) is 81.3 Å². The Hall–Kier alpha value is -4.31. The molecular weight excluding hydrogens is 585 g/mol. The largest absolute Gasteiger partial charge is 0.493 e. The minimum Gasteiger partial charge on any atom is -0.493 e. The normalized spacial score (nSPS) is 15.5. The Labute approximate surface area is 270 Å². The summed E-state index contributed by atoms with van der Waals surface area (Å²) in [4.78, 5) is 20.2. The molecule has 2 aromatic heterocycles. The molecule has 0 saturated carbocycles. The molecular formula is C36H44FN5O4. The summed E-state index contributed by atoms with van der Waals surface area (Å²) in [7, 11) is 1.81. The molecule has 9 nitrogen and oxygen atoms in total. The first-order valence-electron chi connectivity index (χ1n) is 15.8. The van der Waals surface area contributed by atoms with Crippen molar-refractivity contribution in [3.63, 3.8) is 0 Å². The maximum atomic E-state index is 13.3. The van der Waals surface area contributed by atoms with Crippen molar-refractivity contribution in [1.82, 2.24) is 20.0 Å². The number of aliphatic carboxylic acids is 1. The summed E-state index contributed by atoms with van der Waals surface area (Å²) >= 11 is 0. The minimum absolute atomic E-state index is 0.174. The molecule has 0 bridgehead atoms. The van der Waals surface area contributed by atoms with E-state index in [1.54, 1.807) is 23.9 Å². The number of halogens is 1. The first-order chi connectivity index (χ1) is 21.7. The van der Waals surface area contributed by atoms with Gasteiger partial charge in [-0.2, -0.15) is 0 Å². The summed E-state index contributed by atoms with van der Waals surface area (Å²) in [5.41, 5.74) is 5.21. The fraction of sp³-hybridized carbons (Fsp3) is 0.444. The second kappa shape index (κ2) is 13.2. The van der Waals surface area contributed by atoms with E-state index in [9.17, 15) is 14.3 Å². The molecule has 244 valence electrons. The predicted octanol–water partition coefficient (Wildman–Crippen LogP) is 7.18. The predicted molar refractivity (Wildman–Crippen MR) is 176 cm³/mol. The third-order valence-corrected chi connectivity index (χ3v) is 8.35. The average molecular weight is 630 g/mol. The molecule has 1 atom stereocenters. The van der Waals surface area contributed by atoms with E-state index in [4.69, 9.17) is 14.5 Å². The van der Waals surface area contributed by atoms with Crippen LogP contribution in [0.1, 0.15) is 70.4 Å². The number of ether oxygens (including phenoxy) is 2. The van der Waals surface area contributed by atoms with Crippen molar-refractivity contribution < 1.29 is 23.8 Å². The lowest BCUT2D eigenvalue weighted by Gasteiger charge is -2.41. The number of piperidine rings is 1. The number of benzene rings is 2. The monoisotopic (exact) mass is 629 g/mol. The molecule has 1 saturated heterocycles. The molecule has 1 fully saturated rings. The van der Waals surface area contributed by atoms with Crippen LogP contribution in [0.2, 0.25) is 0 Å². The van der Waals surface area contributed by atoms with Gasteiger partial charge in [0, 0.05) is 43.4 Å². The summed E-state index contributed by atoms with van der Waals surface area (Å²) in [6.07, 6.45) is 3.13. The number of aromatic nitrogens is 4. The molecule has 0 radical (unpaired) electrons. The van der Waals surface area contributed by atoms with Crippen molar-refractivity contribution in [3.8, 4) is 28.3 Å². The zero-order chi connectivity index (χ0) is 33.2. The SMILES string of the molecule is Cc1nc(-c2cn(C)nn2)c(-c2ccc(OCCc3ccc(F)cc3)cc2)c(N2CCC(C)(C)CC2)c1C(OC(C)(C)C)C(=O)O. The van der Waals surface area contributed by atoms with Gasteiger partial charge >= 0.3 is 5.97 Å². The molecule has 46 heavy (non-hydrogen) atoms. The van der Waals surface area contributed by atoms with Gasteiger partial charge in [-0.3, -0.25) is 9.67 Å². The molecule has 2 aromatic carbocycles. The van der Waals surface area contributed by atoms with Gasteiger partial charge in [-0.15, -0.1) is 5.10 Å². The van der Waals surface area contributed by atoms with Crippen molar-refractivity contribution >= 4 is 11.7 Å². The molecule has 1 N–H and O–H groups in total. The molecule has 0 aliphatic carbocycles. The Balaban J connectivity index is 1.63. The molecule has 0 spiro atoms. The van der Waals surface area contributed by atoms with Gasteiger partial charge in [0.2, 0.25) is 0 Å². The van der Waals surface area contributed by atoms with Crippen molar-refractivity contribution in [1.29, 1.82) is 0 Å². The van der Waals surface area contributed by atoms with Crippen LogP contribution in [0.25, 0.3) is 22.5 Å². The van der Waals surface area contributed by atoms with Crippen LogP contribution >= 0.6 is 0 Å². The van der Waals surface area contributed by atoms with Crippen LogP contribution in [-0.2, 0) is 23.0 Å². The van der Waals surface area contributed by atoms with E-state index in [1.807, 2.05) is 58.2 Å². The number of carboxylic acid groups (broad SMARTS) is 1. The molecule has 5 rings (SSSR count). The number of nitrogens with zero attached hydrogens (tertiary/aromatic N) is 5. The van der Waals surface area contributed by atoms with Gasteiger partial charge in [-0.25, -0.2) is 9.18 Å². The van der Waals surface area contributed by atoms with Crippen LogP contribution in [0.15, 0.2) is 54.7 Å². The minimum atomic E-state index is -1.24. The molecule has 4 aromatic rings. The number of aryl methyl sites for hydroxylation is 2. The fourth-order valence-electron chi connectivity index (χ4n) is 5.84. The maximum absolute atomic E-state index is 13.3. The third kappa shape index (κ3) is 7.73. The maximum Gasteiger partial charge on any atom is 0.337 e. The van der Waals surface area contributed by atoms with Crippen LogP contribution in [0.5, 0.6) is 5.75 Å². The van der Waals surface area contributed by atoms with E-state index >= 15 is 0 Å². The van der Waals surface area contributed by atoms with E-state index in [1.165, 1.54) is 12.1 Å². The van der Waals surface area contributed by atoms with Gasteiger partial charge < -0.3 is 19.5 Å². The van der Waals surface area contributed by atoms with Gasteiger partial charge in [-0.1, -0.05) is 43.3 Å². The van der Waals surface area contributed by atoms with Crippen molar-refractivity contribution in [2.45, 2.75) is 72.5 Å². The number of rotatable bonds is 10. The summed E-state index contributed by atoms with van der Waals surface area (Å²) in [6, 6.07) is 14.2. The van der Waals surface area contributed by atoms with E-state index in [-0.39, 0.29) is 11.2 Å². The fourth-order valence-corrected chi connectivity index (χ4v) is 5.84. The molecule has 1 aliphatic heterocycles. The van der Waals surface area contributed by atoms with Crippen LogP contribution < -0.4 is 9.64 Å².